The van der Waals surface area contributed by atoms with E-state index in [1.165, 1.54) is 19.3 Å². The van der Waals surface area contributed by atoms with Crippen molar-refractivity contribution in [3.05, 3.63) is 0 Å². The number of hydrogen-bond acceptors (Lipinski definition) is 2. The van der Waals surface area contributed by atoms with Crippen molar-refractivity contribution < 1.29 is 0 Å². The molecule has 0 aromatic carbocycles. The molecular formula is C12H22N2. The van der Waals surface area contributed by atoms with Gasteiger partial charge >= 0.3 is 0 Å². The van der Waals surface area contributed by atoms with Gasteiger partial charge in [0.25, 0.3) is 0 Å². The third-order valence-electron chi connectivity index (χ3n) is 3.64. The molecule has 0 spiro atoms. The van der Waals surface area contributed by atoms with Crippen molar-refractivity contribution in [1.29, 1.82) is 0 Å². The number of hydrogen-bond donors (Lipinski definition) is 1. The Hall–Kier alpha value is -0.520. The van der Waals surface area contributed by atoms with Crippen LogP contribution in [0.5, 0.6) is 0 Å². The molecule has 2 unspecified atom stereocenters. The van der Waals surface area contributed by atoms with Gasteiger partial charge in [-0.2, -0.15) is 0 Å². The molecule has 0 saturated carbocycles. The zero-order valence-corrected chi connectivity index (χ0v) is 9.42. The SMILES string of the molecule is C#CC(N)C(C)(CC)N1CCCCC1. The van der Waals surface area contributed by atoms with Gasteiger partial charge in [0, 0.05) is 5.54 Å². The van der Waals surface area contributed by atoms with E-state index >= 15 is 0 Å². The highest BCUT2D eigenvalue weighted by atomic mass is 15.2. The number of piperidine rings is 1. The smallest absolute Gasteiger partial charge is 0.0845 e. The molecular weight excluding hydrogens is 172 g/mol. The molecule has 1 saturated heterocycles. The van der Waals surface area contributed by atoms with Crippen LogP contribution in [0.2, 0.25) is 0 Å². The summed E-state index contributed by atoms with van der Waals surface area (Å²) in [6.45, 7) is 6.67. The maximum atomic E-state index is 6.02. The van der Waals surface area contributed by atoms with Gasteiger partial charge in [0.2, 0.25) is 0 Å². The Labute approximate surface area is 87.8 Å². The van der Waals surface area contributed by atoms with Crippen LogP contribution in [0, 0.1) is 12.3 Å². The summed E-state index contributed by atoms with van der Waals surface area (Å²) in [5.74, 6) is 2.69. The van der Waals surface area contributed by atoms with Crippen molar-refractivity contribution >= 4 is 0 Å². The molecule has 1 heterocycles. The summed E-state index contributed by atoms with van der Waals surface area (Å²) >= 11 is 0. The first-order chi connectivity index (χ1) is 6.65. The van der Waals surface area contributed by atoms with E-state index < -0.39 is 0 Å². The van der Waals surface area contributed by atoms with E-state index in [0.29, 0.717) is 0 Å². The Morgan fingerprint density at radius 2 is 2.00 bits per heavy atom. The van der Waals surface area contributed by atoms with E-state index in [2.05, 4.69) is 24.7 Å². The predicted molar refractivity (Wildman–Crippen MR) is 60.9 cm³/mol. The van der Waals surface area contributed by atoms with Gasteiger partial charge < -0.3 is 5.73 Å². The first-order valence-corrected chi connectivity index (χ1v) is 5.62. The van der Waals surface area contributed by atoms with Crippen LogP contribution < -0.4 is 5.73 Å². The fourth-order valence-corrected chi connectivity index (χ4v) is 2.22. The van der Waals surface area contributed by atoms with E-state index in [1.807, 2.05) is 0 Å². The molecule has 0 aromatic rings. The number of terminal acetylenes is 1. The third-order valence-corrected chi connectivity index (χ3v) is 3.64. The van der Waals surface area contributed by atoms with Gasteiger partial charge in [-0.25, -0.2) is 0 Å². The molecule has 2 heteroatoms. The molecule has 0 aromatic heterocycles. The van der Waals surface area contributed by atoms with Crippen molar-refractivity contribution in [2.24, 2.45) is 5.73 Å². The van der Waals surface area contributed by atoms with Crippen LogP contribution in [0.1, 0.15) is 39.5 Å². The van der Waals surface area contributed by atoms with Crippen LogP contribution in [0.4, 0.5) is 0 Å². The maximum Gasteiger partial charge on any atom is 0.0845 e. The highest BCUT2D eigenvalue weighted by Gasteiger charge is 2.35. The van der Waals surface area contributed by atoms with Crippen LogP contribution in [0.15, 0.2) is 0 Å². The Bertz CT molecular complexity index is 213. The first kappa shape index (κ1) is 11.6. The van der Waals surface area contributed by atoms with Crippen LogP contribution in [0.3, 0.4) is 0 Å². The summed E-state index contributed by atoms with van der Waals surface area (Å²) in [5.41, 5.74) is 6.01. The molecule has 2 nitrogen and oxygen atoms in total. The first-order valence-electron chi connectivity index (χ1n) is 5.62. The molecule has 0 radical (unpaired) electrons. The fraction of sp³-hybridized carbons (Fsp3) is 0.833. The summed E-state index contributed by atoms with van der Waals surface area (Å²) in [4.78, 5) is 2.47. The minimum absolute atomic E-state index is 0.00479. The monoisotopic (exact) mass is 194 g/mol. The second kappa shape index (κ2) is 4.82. The molecule has 1 aliphatic rings. The van der Waals surface area contributed by atoms with Gasteiger partial charge in [-0.05, 0) is 39.3 Å². The lowest BCUT2D eigenvalue weighted by Gasteiger charge is -2.45. The Morgan fingerprint density at radius 1 is 1.43 bits per heavy atom. The summed E-state index contributed by atoms with van der Waals surface area (Å²) in [6, 6.07) is -0.148. The largest absolute Gasteiger partial charge is 0.316 e. The average Bonchev–Trinajstić information content (AvgIpc) is 2.28. The second-order valence-corrected chi connectivity index (χ2v) is 4.40. The molecule has 0 amide bonds. The number of nitrogens with two attached hydrogens (primary N) is 1. The van der Waals surface area contributed by atoms with E-state index in [4.69, 9.17) is 12.2 Å². The summed E-state index contributed by atoms with van der Waals surface area (Å²) in [6.07, 6.45) is 10.4. The zero-order chi connectivity index (χ0) is 10.6. The van der Waals surface area contributed by atoms with Crippen molar-refractivity contribution in [2.45, 2.75) is 51.1 Å². The molecule has 0 bridgehead atoms. The summed E-state index contributed by atoms with van der Waals surface area (Å²) < 4.78 is 0. The van der Waals surface area contributed by atoms with Crippen LogP contribution in [-0.2, 0) is 0 Å². The lowest BCUT2D eigenvalue weighted by atomic mass is 9.86. The van der Waals surface area contributed by atoms with Crippen LogP contribution in [0.25, 0.3) is 0 Å². The van der Waals surface area contributed by atoms with Gasteiger partial charge in [0.05, 0.1) is 6.04 Å². The quantitative estimate of drug-likeness (QED) is 0.691. The normalized spacial score (nSPS) is 25.0. The molecule has 2 N–H and O–H groups in total. The lowest BCUT2D eigenvalue weighted by molar-refractivity contribution is 0.0686. The van der Waals surface area contributed by atoms with Crippen molar-refractivity contribution in [3.8, 4) is 12.3 Å². The highest BCUT2D eigenvalue weighted by molar-refractivity contribution is 5.10. The molecule has 80 valence electrons. The Kier molecular flexibility index (Phi) is 3.97. The number of rotatable bonds is 3. The maximum absolute atomic E-state index is 6.02. The van der Waals surface area contributed by atoms with Crippen molar-refractivity contribution in [2.75, 3.05) is 13.1 Å². The van der Waals surface area contributed by atoms with Gasteiger partial charge in [-0.3, -0.25) is 4.90 Å². The summed E-state index contributed by atoms with van der Waals surface area (Å²) in [7, 11) is 0. The van der Waals surface area contributed by atoms with E-state index in [-0.39, 0.29) is 11.6 Å². The number of likely N-dealkylation sites (tertiary alicyclic amines) is 1. The van der Waals surface area contributed by atoms with Gasteiger partial charge in [0.15, 0.2) is 0 Å². The van der Waals surface area contributed by atoms with E-state index in [1.54, 1.807) is 0 Å². The molecule has 1 aliphatic heterocycles. The summed E-state index contributed by atoms with van der Waals surface area (Å²) in [5, 5.41) is 0. The second-order valence-electron chi connectivity index (χ2n) is 4.40. The standard InChI is InChI=1S/C12H22N2/c1-4-11(13)12(3,5-2)14-9-7-6-8-10-14/h1,11H,5-10,13H2,2-3H3. The third kappa shape index (κ3) is 2.10. The van der Waals surface area contributed by atoms with Crippen molar-refractivity contribution in [3.63, 3.8) is 0 Å². The van der Waals surface area contributed by atoms with Crippen LogP contribution in [-0.4, -0.2) is 29.6 Å². The van der Waals surface area contributed by atoms with Gasteiger partial charge in [-0.1, -0.05) is 19.3 Å². The molecule has 0 aliphatic carbocycles. The predicted octanol–water partition coefficient (Wildman–Crippen LogP) is 1.60. The molecule has 1 rings (SSSR count). The zero-order valence-electron chi connectivity index (χ0n) is 9.42. The lowest BCUT2D eigenvalue weighted by Crippen LogP contribution is -2.58. The fourth-order valence-electron chi connectivity index (χ4n) is 2.22. The van der Waals surface area contributed by atoms with Crippen LogP contribution >= 0.6 is 0 Å². The topological polar surface area (TPSA) is 29.3 Å². The molecule has 14 heavy (non-hydrogen) atoms. The molecule has 1 fully saturated rings. The van der Waals surface area contributed by atoms with Crippen molar-refractivity contribution in [1.82, 2.24) is 4.90 Å². The van der Waals surface area contributed by atoms with E-state index in [9.17, 15) is 0 Å². The van der Waals surface area contributed by atoms with Gasteiger partial charge in [0.1, 0.15) is 0 Å². The van der Waals surface area contributed by atoms with Gasteiger partial charge in [-0.15, -0.1) is 6.42 Å². The Morgan fingerprint density at radius 3 is 2.43 bits per heavy atom. The minimum Gasteiger partial charge on any atom is -0.316 e. The van der Waals surface area contributed by atoms with E-state index in [0.717, 1.165) is 19.5 Å². The highest BCUT2D eigenvalue weighted by Crippen LogP contribution is 2.26. The minimum atomic E-state index is -0.148. The number of nitrogens with zero attached hydrogens (tertiary/aromatic N) is 1. The molecule has 2 atom stereocenters. The average molecular weight is 194 g/mol. The Balaban J connectivity index is 2.72.